The van der Waals surface area contributed by atoms with Crippen LogP contribution >= 0.6 is 0 Å². The van der Waals surface area contributed by atoms with E-state index in [9.17, 15) is 14.4 Å². The Morgan fingerprint density at radius 1 is 1.24 bits per heavy atom. The van der Waals surface area contributed by atoms with E-state index < -0.39 is 6.10 Å². The van der Waals surface area contributed by atoms with Crippen molar-refractivity contribution in [2.24, 2.45) is 5.92 Å². The third-order valence-electron chi connectivity index (χ3n) is 4.36. The standard InChI is InChI=1S/C16H17NO4/c18-10-21-15-13-7-6-12(19)8-14(15)17(16(13)20)9-11-4-2-1-3-5-11/h1-5,10,13-15H,6-9H2/t13-,14+,15-/m0/s1. The van der Waals surface area contributed by atoms with Crippen LogP contribution in [-0.2, 0) is 25.7 Å². The maximum absolute atomic E-state index is 12.6. The highest BCUT2D eigenvalue weighted by molar-refractivity contribution is 5.88. The normalized spacial score (nSPS) is 28.4. The number of nitrogens with zero attached hydrogens (tertiary/aromatic N) is 1. The zero-order valence-corrected chi connectivity index (χ0v) is 11.6. The van der Waals surface area contributed by atoms with Crippen molar-refractivity contribution in [1.29, 1.82) is 0 Å². The summed E-state index contributed by atoms with van der Waals surface area (Å²) in [6.45, 7) is 0.840. The average molecular weight is 287 g/mol. The first-order chi connectivity index (χ1) is 10.2. The largest absolute Gasteiger partial charge is 0.462 e. The van der Waals surface area contributed by atoms with Crippen LogP contribution < -0.4 is 0 Å². The summed E-state index contributed by atoms with van der Waals surface area (Å²) in [5.41, 5.74) is 1.01. The van der Waals surface area contributed by atoms with Gasteiger partial charge in [-0.15, -0.1) is 0 Å². The minimum absolute atomic E-state index is 0.0109. The van der Waals surface area contributed by atoms with Crippen LogP contribution in [0.5, 0.6) is 0 Å². The molecular formula is C16H17NO4. The molecule has 3 atom stereocenters. The monoisotopic (exact) mass is 287 g/mol. The molecule has 1 heterocycles. The molecule has 2 bridgehead atoms. The zero-order valence-electron chi connectivity index (χ0n) is 11.6. The van der Waals surface area contributed by atoms with Crippen LogP contribution in [0.1, 0.15) is 24.8 Å². The molecule has 1 aromatic carbocycles. The number of likely N-dealkylation sites (tertiary alicyclic amines) is 1. The molecule has 3 rings (SSSR count). The van der Waals surface area contributed by atoms with Gasteiger partial charge in [0.2, 0.25) is 5.91 Å². The molecule has 2 aliphatic rings. The molecule has 1 saturated carbocycles. The Balaban J connectivity index is 1.87. The first-order valence-electron chi connectivity index (χ1n) is 7.16. The molecule has 5 heteroatoms. The third kappa shape index (κ3) is 2.55. The molecule has 1 aliphatic heterocycles. The predicted octanol–water partition coefficient (Wildman–Crippen LogP) is 1.31. The van der Waals surface area contributed by atoms with Gasteiger partial charge >= 0.3 is 0 Å². The lowest BCUT2D eigenvalue weighted by Gasteiger charge is -2.26. The third-order valence-corrected chi connectivity index (χ3v) is 4.36. The summed E-state index contributed by atoms with van der Waals surface area (Å²) in [7, 11) is 0. The number of ether oxygens (including phenoxy) is 1. The van der Waals surface area contributed by atoms with Crippen molar-refractivity contribution in [2.45, 2.75) is 38.0 Å². The second-order valence-corrected chi connectivity index (χ2v) is 5.60. The molecule has 1 aliphatic carbocycles. The van der Waals surface area contributed by atoms with Gasteiger partial charge in [-0.2, -0.15) is 0 Å². The van der Waals surface area contributed by atoms with Gasteiger partial charge < -0.3 is 9.64 Å². The molecule has 21 heavy (non-hydrogen) atoms. The number of benzene rings is 1. The molecule has 0 radical (unpaired) electrons. The average Bonchev–Trinajstić information content (AvgIpc) is 2.62. The van der Waals surface area contributed by atoms with Gasteiger partial charge in [-0.1, -0.05) is 30.3 Å². The van der Waals surface area contributed by atoms with Crippen LogP contribution in [0.15, 0.2) is 30.3 Å². The van der Waals surface area contributed by atoms with E-state index in [-0.39, 0.29) is 30.1 Å². The Labute approximate surface area is 122 Å². The van der Waals surface area contributed by atoms with E-state index in [2.05, 4.69) is 0 Å². The molecule has 0 aromatic heterocycles. The fraction of sp³-hybridized carbons (Fsp3) is 0.438. The molecule has 0 N–H and O–H groups in total. The lowest BCUT2D eigenvalue weighted by atomic mass is 9.99. The lowest BCUT2D eigenvalue weighted by molar-refractivity contribution is -0.137. The van der Waals surface area contributed by atoms with Crippen molar-refractivity contribution in [3.8, 4) is 0 Å². The number of ketones is 1. The van der Waals surface area contributed by atoms with Crippen molar-refractivity contribution in [1.82, 2.24) is 4.90 Å². The van der Waals surface area contributed by atoms with Crippen LogP contribution in [0.4, 0.5) is 0 Å². The van der Waals surface area contributed by atoms with Crippen molar-refractivity contribution in [3.05, 3.63) is 35.9 Å². The van der Waals surface area contributed by atoms with Crippen molar-refractivity contribution in [2.75, 3.05) is 0 Å². The fourth-order valence-electron chi connectivity index (χ4n) is 3.35. The Morgan fingerprint density at radius 2 is 2.00 bits per heavy atom. The molecule has 5 nitrogen and oxygen atoms in total. The minimum atomic E-state index is -0.495. The predicted molar refractivity (Wildman–Crippen MR) is 74.1 cm³/mol. The van der Waals surface area contributed by atoms with E-state index in [1.165, 1.54) is 0 Å². The molecule has 1 saturated heterocycles. The first-order valence-corrected chi connectivity index (χ1v) is 7.16. The van der Waals surface area contributed by atoms with Gasteiger partial charge in [0.1, 0.15) is 11.9 Å². The topological polar surface area (TPSA) is 63.7 Å². The maximum Gasteiger partial charge on any atom is 0.293 e. The Kier molecular flexibility index (Phi) is 3.73. The van der Waals surface area contributed by atoms with E-state index >= 15 is 0 Å². The Hall–Kier alpha value is -2.17. The van der Waals surface area contributed by atoms with Crippen LogP contribution in [0.2, 0.25) is 0 Å². The SMILES string of the molecule is O=CO[C@H]1[C@@H]2CCC(=O)C[C@H]1N(Cc1ccccc1)C2=O. The molecule has 1 amide bonds. The van der Waals surface area contributed by atoms with E-state index in [1.807, 2.05) is 30.3 Å². The van der Waals surface area contributed by atoms with Crippen LogP contribution in [0.3, 0.4) is 0 Å². The molecule has 0 unspecified atom stereocenters. The van der Waals surface area contributed by atoms with Gasteiger partial charge in [0.25, 0.3) is 6.47 Å². The Morgan fingerprint density at radius 3 is 2.71 bits per heavy atom. The smallest absolute Gasteiger partial charge is 0.293 e. The highest BCUT2D eigenvalue weighted by atomic mass is 16.5. The van der Waals surface area contributed by atoms with Gasteiger partial charge in [0, 0.05) is 19.4 Å². The highest BCUT2D eigenvalue weighted by Gasteiger charge is 2.51. The molecular weight excluding hydrogens is 270 g/mol. The highest BCUT2D eigenvalue weighted by Crippen LogP contribution is 2.37. The molecule has 0 spiro atoms. The van der Waals surface area contributed by atoms with Gasteiger partial charge in [0.05, 0.1) is 12.0 Å². The number of carbonyl (C=O) groups is 3. The summed E-state index contributed by atoms with van der Waals surface area (Å²) >= 11 is 0. The van der Waals surface area contributed by atoms with Gasteiger partial charge in [-0.25, -0.2) is 0 Å². The lowest BCUT2D eigenvalue weighted by Crippen LogP contribution is -2.38. The summed E-state index contributed by atoms with van der Waals surface area (Å²) in [5.74, 6) is -0.258. The van der Waals surface area contributed by atoms with E-state index in [4.69, 9.17) is 4.74 Å². The number of hydrogen-bond donors (Lipinski definition) is 0. The summed E-state index contributed by atoms with van der Waals surface area (Å²) in [4.78, 5) is 36.8. The minimum Gasteiger partial charge on any atom is -0.462 e. The summed E-state index contributed by atoms with van der Waals surface area (Å²) in [6, 6.07) is 9.31. The van der Waals surface area contributed by atoms with Gasteiger partial charge in [-0.05, 0) is 12.0 Å². The number of rotatable bonds is 4. The fourth-order valence-corrected chi connectivity index (χ4v) is 3.35. The maximum atomic E-state index is 12.6. The van der Waals surface area contributed by atoms with Crippen molar-refractivity contribution >= 4 is 18.2 Å². The van der Waals surface area contributed by atoms with Gasteiger partial charge in [-0.3, -0.25) is 14.4 Å². The second kappa shape index (κ2) is 5.68. The van der Waals surface area contributed by atoms with Crippen LogP contribution in [0, 0.1) is 5.92 Å². The number of fused-ring (bicyclic) bond motifs is 2. The number of amides is 1. The zero-order chi connectivity index (χ0) is 14.8. The quantitative estimate of drug-likeness (QED) is 0.783. The van der Waals surface area contributed by atoms with Crippen molar-refractivity contribution in [3.63, 3.8) is 0 Å². The summed E-state index contributed by atoms with van der Waals surface area (Å²) < 4.78 is 5.14. The van der Waals surface area contributed by atoms with Crippen molar-refractivity contribution < 1.29 is 19.1 Å². The molecule has 110 valence electrons. The number of Topliss-reactive ketones (excluding diaryl/α,β-unsaturated/α-hetero) is 1. The number of carbonyl (C=O) groups excluding carboxylic acids is 3. The summed E-state index contributed by atoms with van der Waals surface area (Å²) in [5, 5.41) is 0. The molecule has 2 fully saturated rings. The van der Waals surface area contributed by atoms with E-state index in [0.29, 0.717) is 25.9 Å². The van der Waals surface area contributed by atoms with Gasteiger partial charge in [0.15, 0.2) is 0 Å². The number of hydrogen-bond acceptors (Lipinski definition) is 4. The Bertz CT molecular complexity index is 557. The van der Waals surface area contributed by atoms with Crippen LogP contribution in [0.25, 0.3) is 0 Å². The molecule has 1 aromatic rings. The van der Waals surface area contributed by atoms with E-state index in [1.54, 1.807) is 4.90 Å². The summed E-state index contributed by atoms with van der Waals surface area (Å²) in [6.07, 6.45) is 0.640. The van der Waals surface area contributed by atoms with Crippen LogP contribution in [-0.4, -0.2) is 35.2 Å². The van der Waals surface area contributed by atoms with E-state index in [0.717, 1.165) is 5.56 Å². The first kappa shape index (κ1) is 13.8. The second-order valence-electron chi connectivity index (χ2n) is 5.60.